The van der Waals surface area contributed by atoms with Gasteiger partial charge in [0.15, 0.2) is 0 Å². The lowest BCUT2D eigenvalue weighted by molar-refractivity contribution is -0.141. The first-order valence-electron chi connectivity index (χ1n) is 6.27. The van der Waals surface area contributed by atoms with E-state index in [1.807, 2.05) is 0 Å². The molecule has 2 nitrogen and oxygen atoms in total. The van der Waals surface area contributed by atoms with Crippen molar-refractivity contribution >= 4 is 5.97 Å². The molecule has 1 unspecified atom stereocenters. The predicted molar refractivity (Wildman–Crippen MR) is 71.3 cm³/mol. The average molecular weight is 276 g/mol. The van der Waals surface area contributed by atoms with E-state index in [0.717, 1.165) is 5.56 Å². The molecule has 2 aromatic rings. The SMILES string of the molecule is O=C(O)C(Cc1ccc(F)cc1)Cc1ccccc1F. The van der Waals surface area contributed by atoms with Crippen molar-refractivity contribution in [2.45, 2.75) is 12.8 Å². The topological polar surface area (TPSA) is 37.3 Å². The first-order valence-corrected chi connectivity index (χ1v) is 6.27. The minimum Gasteiger partial charge on any atom is -0.481 e. The Morgan fingerprint density at radius 2 is 1.65 bits per heavy atom. The molecule has 0 spiro atoms. The van der Waals surface area contributed by atoms with Crippen LogP contribution in [0, 0.1) is 17.6 Å². The van der Waals surface area contributed by atoms with Crippen molar-refractivity contribution in [3.63, 3.8) is 0 Å². The Balaban J connectivity index is 2.14. The number of hydrogen-bond donors (Lipinski definition) is 1. The van der Waals surface area contributed by atoms with Gasteiger partial charge in [-0.3, -0.25) is 4.79 Å². The quantitative estimate of drug-likeness (QED) is 0.908. The van der Waals surface area contributed by atoms with Crippen LogP contribution in [-0.4, -0.2) is 11.1 Å². The highest BCUT2D eigenvalue weighted by molar-refractivity contribution is 5.70. The number of hydrogen-bond acceptors (Lipinski definition) is 1. The Labute approximate surface area is 115 Å². The van der Waals surface area contributed by atoms with Gasteiger partial charge in [0.05, 0.1) is 5.92 Å². The third-order valence-electron chi connectivity index (χ3n) is 3.17. The van der Waals surface area contributed by atoms with Crippen molar-refractivity contribution < 1.29 is 18.7 Å². The van der Waals surface area contributed by atoms with Gasteiger partial charge in [0.25, 0.3) is 0 Å². The predicted octanol–water partition coefficient (Wildman–Crippen LogP) is 3.45. The molecule has 0 aromatic heterocycles. The Kier molecular flexibility index (Phi) is 4.45. The van der Waals surface area contributed by atoms with Gasteiger partial charge in [-0.1, -0.05) is 30.3 Å². The number of halogens is 2. The molecule has 0 fully saturated rings. The van der Waals surface area contributed by atoms with Gasteiger partial charge < -0.3 is 5.11 Å². The van der Waals surface area contributed by atoms with E-state index in [0.29, 0.717) is 5.56 Å². The fourth-order valence-electron chi connectivity index (χ4n) is 2.08. The Bertz CT molecular complexity index is 594. The molecule has 0 saturated heterocycles. The van der Waals surface area contributed by atoms with Gasteiger partial charge in [0, 0.05) is 0 Å². The number of benzene rings is 2. The molecule has 0 bridgehead atoms. The molecular formula is C16H14F2O2. The third kappa shape index (κ3) is 3.63. The molecule has 0 radical (unpaired) electrons. The molecule has 2 rings (SSSR count). The van der Waals surface area contributed by atoms with E-state index < -0.39 is 17.7 Å². The van der Waals surface area contributed by atoms with Crippen LogP contribution in [0.3, 0.4) is 0 Å². The molecule has 104 valence electrons. The third-order valence-corrected chi connectivity index (χ3v) is 3.17. The molecule has 0 aliphatic heterocycles. The monoisotopic (exact) mass is 276 g/mol. The first kappa shape index (κ1) is 14.2. The molecule has 0 aliphatic carbocycles. The van der Waals surface area contributed by atoms with Crippen molar-refractivity contribution in [3.05, 3.63) is 71.3 Å². The van der Waals surface area contributed by atoms with Crippen molar-refractivity contribution in [1.29, 1.82) is 0 Å². The largest absolute Gasteiger partial charge is 0.481 e. The van der Waals surface area contributed by atoms with Crippen LogP contribution in [0.1, 0.15) is 11.1 Å². The summed E-state index contributed by atoms with van der Waals surface area (Å²) in [6, 6.07) is 11.8. The van der Waals surface area contributed by atoms with E-state index in [-0.39, 0.29) is 18.7 Å². The second-order valence-corrected chi connectivity index (χ2v) is 4.66. The molecule has 2 aromatic carbocycles. The van der Waals surface area contributed by atoms with Crippen LogP contribution in [0.15, 0.2) is 48.5 Å². The summed E-state index contributed by atoms with van der Waals surface area (Å²) in [6.07, 6.45) is 0.351. The second kappa shape index (κ2) is 6.28. The summed E-state index contributed by atoms with van der Waals surface area (Å²) in [5.74, 6) is -2.50. The van der Waals surface area contributed by atoms with Crippen molar-refractivity contribution in [3.8, 4) is 0 Å². The zero-order valence-corrected chi connectivity index (χ0v) is 10.7. The lowest BCUT2D eigenvalue weighted by Crippen LogP contribution is -2.19. The van der Waals surface area contributed by atoms with Crippen LogP contribution in [0.4, 0.5) is 8.78 Å². The van der Waals surface area contributed by atoms with Gasteiger partial charge in [-0.05, 0) is 42.2 Å². The first-order chi connectivity index (χ1) is 9.56. The van der Waals surface area contributed by atoms with Gasteiger partial charge >= 0.3 is 5.97 Å². The minimum absolute atomic E-state index is 0.110. The minimum atomic E-state index is -0.988. The Morgan fingerprint density at radius 1 is 1.00 bits per heavy atom. The van der Waals surface area contributed by atoms with Gasteiger partial charge in [0.2, 0.25) is 0 Å². The number of aliphatic carboxylic acids is 1. The molecule has 0 saturated carbocycles. The summed E-state index contributed by atoms with van der Waals surface area (Å²) in [7, 11) is 0. The van der Waals surface area contributed by atoms with E-state index in [9.17, 15) is 18.7 Å². The fraction of sp³-hybridized carbons (Fsp3) is 0.188. The summed E-state index contributed by atoms with van der Waals surface area (Å²) in [5.41, 5.74) is 1.09. The summed E-state index contributed by atoms with van der Waals surface area (Å²) >= 11 is 0. The lowest BCUT2D eigenvalue weighted by Gasteiger charge is -2.13. The Hall–Kier alpha value is -2.23. The fourth-order valence-corrected chi connectivity index (χ4v) is 2.08. The van der Waals surface area contributed by atoms with Crippen molar-refractivity contribution in [2.24, 2.45) is 5.92 Å². The summed E-state index contributed by atoms with van der Waals surface area (Å²) in [4.78, 5) is 11.3. The maximum Gasteiger partial charge on any atom is 0.307 e. The summed E-state index contributed by atoms with van der Waals surface area (Å²) < 4.78 is 26.4. The highest BCUT2D eigenvalue weighted by Crippen LogP contribution is 2.17. The Morgan fingerprint density at radius 3 is 2.25 bits per heavy atom. The van der Waals surface area contributed by atoms with E-state index in [2.05, 4.69) is 0 Å². The van der Waals surface area contributed by atoms with Crippen molar-refractivity contribution in [1.82, 2.24) is 0 Å². The molecule has 0 amide bonds. The molecule has 0 heterocycles. The normalized spacial score (nSPS) is 12.1. The highest BCUT2D eigenvalue weighted by atomic mass is 19.1. The number of carboxylic acid groups (broad SMARTS) is 1. The number of rotatable bonds is 5. The van der Waals surface area contributed by atoms with E-state index in [1.165, 1.54) is 18.2 Å². The smallest absolute Gasteiger partial charge is 0.307 e. The second-order valence-electron chi connectivity index (χ2n) is 4.66. The number of carbonyl (C=O) groups is 1. The molecule has 1 atom stereocenters. The summed E-state index contributed by atoms with van der Waals surface area (Å²) in [6.45, 7) is 0. The van der Waals surface area contributed by atoms with Crippen LogP contribution < -0.4 is 0 Å². The van der Waals surface area contributed by atoms with Crippen LogP contribution in [-0.2, 0) is 17.6 Å². The zero-order chi connectivity index (χ0) is 14.5. The lowest BCUT2D eigenvalue weighted by atomic mass is 9.92. The summed E-state index contributed by atoms with van der Waals surface area (Å²) in [5, 5.41) is 9.24. The van der Waals surface area contributed by atoms with E-state index in [4.69, 9.17) is 0 Å². The maximum atomic E-state index is 13.6. The molecule has 1 N–H and O–H groups in total. The van der Waals surface area contributed by atoms with Gasteiger partial charge in [-0.2, -0.15) is 0 Å². The van der Waals surface area contributed by atoms with Crippen LogP contribution in [0.5, 0.6) is 0 Å². The van der Waals surface area contributed by atoms with Gasteiger partial charge in [-0.25, -0.2) is 8.78 Å². The van der Waals surface area contributed by atoms with E-state index >= 15 is 0 Å². The van der Waals surface area contributed by atoms with Gasteiger partial charge in [-0.15, -0.1) is 0 Å². The van der Waals surface area contributed by atoms with Crippen molar-refractivity contribution in [2.75, 3.05) is 0 Å². The molecule has 0 aliphatic rings. The molecule has 20 heavy (non-hydrogen) atoms. The average Bonchev–Trinajstić information content (AvgIpc) is 2.42. The van der Waals surface area contributed by atoms with E-state index in [1.54, 1.807) is 30.3 Å². The van der Waals surface area contributed by atoms with Crippen LogP contribution >= 0.6 is 0 Å². The standard InChI is InChI=1S/C16H14F2O2/c17-14-7-5-11(6-8-14)9-13(16(19)20)10-12-3-1-2-4-15(12)18/h1-8,13H,9-10H2,(H,19,20). The number of carboxylic acids is 1. The van der Waals surface area contributed by atoms with Crippen LogP contribution in [0.2, 0.25) is 0 Å². The molecule has 4 heteroatoms. The molecular weight excluding hydrogens is 262 g/mol. The maximum absolute atomic E-state index is 13.6. The van der Waals surface area contributed by atoms with Crippen LogP contribution in [0.25, 0.3) is 0 Å². The van der Waals surface area contributed by atoms with Gasteiger partial charge in [0.1, 0.15) is 11.6 Å². The highest BCUT2D eigenvalue weighted by Gasteiger charge is 2.20. The zero-order valence-electron chi connectivity index (χ0n) is 10.7.